The van der Waals surface area contributed by atoms with Gasteiger partial charge in [-0.15, -0.1) is 0 Å². The maximum absolute atomic E-state index is 12.6. The van der Waals surface area contributed by atoms with Gasteiger partial charge in [-0.2, -0.15) is 0 Å². The molecule has 4 rings (SSSR count). The van der Waals surface area contributed by atoms with Gasteiger partial charge < -0.3 is 4.90 Å². The van der Waals surface area contributed by atoms with E-state index in [2.05, 4.69) is 34.1 Å². The fourth-order valence-electron chi connectivity index (χ4n) is 3.66. The smallest absolute Gasteiger partial charge is 0.228 e. The Hall–Kier alpha value is -2.16. The van der Waals surface area contributed by atoms with E-state index < -0.39 is 0 Å². The molecule has 1 fully saturated rings. The number of nitrogens with zero attached hydrogens (tertiary/aromatic N) is 2. The van der Waals surface area contributed by atoms with Gasteiger partial charge >= 0.3 is 0 Å². The monoisotopic (exact) mass is 264 g/mol. The van der Waals surface area contributed by atoms with Gasteiger partial charge in [0.15, 0.2) is 0 Å². The fourth-order valence-corrected chi connectivity index (χ4v) is 3.66. The van der Waals surface area contributed by atoms with E-state index in [1.165, 1.54) is 11.1 Å². The van der Waals surface area contributed by atoms with Crippen LogP contribution in [0.1, 0.15) is 41.6 Å². The molecule has 2 unspecified atom stereocenters. The molecule has 2 aliphatic heterocycles. The van der Waals surface area contributed by atoms with Crippen molar-refractivity contribution in [2.75, 3.05) is 0 Å². The standard InChI is InChI=1S/C17H16N2O/c20-17(10-12-4-3-9-18-11-12)19-15-7-8-16(19)14-6-2-1-5-13(14)15/h1-6,9,11,15-16H,7-8,10H2. The first kappa shape index (κ1) is 11.6. The molecule has 0 N–H and O–H groups in total. The lowest BCUT2D eigenvalue weighted by atomic mass is 9.92. The van der Waals surface area contributed by atoms with Crippen molar-refractivity contribution in [1.82, 2.24) is 9.88 Å². The summed E-state index contributed by atoms with van der Waals surface area (Å²) in [6.07, 6.45) is 6.17. The number of carbonyl (C=O) groups excluding carboxylic acids is 1. The van der Waals surface area contributed by atoms with Crippen LogP contribution in [0.2, 0.25) is 0 Å². The number of benzene rings is 1. The van der Waals surface area contributed by atoms with Crippen LogP contribution in [0.5, 0.6) is 0 Å². The Kier molecular flexibility index (Phi) is 2.59. The molecule has 2 atom stereocenters. The van der Waals surface area contributed by atoms with Crippen molar-refractivity contribution in [3.8, 4) is 0 Å². The Morgan fingerprint density at radius 1 is 1.10 bits per heavy atom. The lowest BCUT2D eigenvalue weighted by Gasteiger charge is -2.22. The summed E-state index contributed by atoms with van der Waals surface area (Å²) in [5, 5.41) is 0. The molecule has 100 valence electrons. The Balaban J connectivity index is 1.61. The first-order chi connectivity index (χ1) is 9.84. The maximum Gasteiger partial charge on any atom is 0.228 e. The number of rotatable bonds is 2. The highest BCUT2D eigenvalue weighted by Gasteiger charge is 2.45. The van der Waals surface area contributed by atoms with E-state index in [0.29, 0.717) is 18.5 Å². The van der Waals surface area contributed by atoms with Gasteiger partial charge in [-0.1, -0.05) is 30.3 Å². The summed E-state index contributed by atoms with van der Waals surface area (Å²) < 4.78 is 0. The summed E-state index contributed by atoms with van der Waals surface area (Å²) in [6.45, 7) is 0. The number of amides is 1. The van der Waals surface area contributed by atoms with Gasteiger partial charge in [-0.3, -0.25) is 9.78 Å². The number of pyridine rings is 1. The van der Waals surface area contributed by atoms with E-state index >= 15 is 0 Å². The average Bonchev–Trinajstić information content (AvgIpc) is 3.05. The van der Waals surface area contributed by atoms with Gasteiger partial charge in [0, 0.05) is 12.4 Å². The average molecular weight is 264 g/mol. The molecular weight excluding hydrogens is 248 g/mol. The zero-order chi connectivity index (χ0) is 13.5. The minimum absolute atomic E-state index is 0.224. The molecular formula is C17H16N2O. The van der Waals surface area contributed by atoms with E-state index in [1.807, 2.05) is 12.1 Å². The normalized spacial score (nSPS) is 22.9. The Bertz CT molecular complexity index is 622. The Labute approximate surface area is 118 Å². The molecule has 0 saturated carbocycles. The van der Waals surface area contributed by atoms with E-state index in [9.17, 15) is 4.79 Å². The molecule has 20 heavy (non-hydrogen) atoms. The van der Waals surface area contributed by atoms with Crippen LogP contribution in [0.15, 0.2) is 48.8 Å². The molecule has 2 aliphatic rings. The molecule has 3 heterocycles. The van der Waals surface area contributed by atoms with Gasteiger partial charge in [0.05, 0.1) is 18.5 Å². The molecule has 2 bridgehead atoms. The summed E-state index contributed by atoms with van der Waals surface area (Å²) in [6, 6.07) is 12.9. The van der Waals surface area contributed by atoms with Crippen LogP contribution in [0, 0.1) is 0 Å². The predicted molar refractivity (Wildman–Crippen MR) is 75.9 cm³/mol. The second-order valence-electron chi connectivity index (χ2n) is 5.58. The van der Waals surface area contributed by atoms with E-state index in [1.54, 1.807) is 12.4 Å². The van der Waals surface area contributed by atoms with Crippen molar-refractivity contribution in [3.05, 3.63) is 65.5 Å². The van der Waals surface area contributed by atoms with Crippen molar-refractivity contribution >= 4 is 5.91 Å². The largest absolute Gasteiger partial charge is 0.328 e. The number of fused-ring (bicyclic) bond motifs is 5. The first-order valence-electron chi connectivity index (χ1n) is 7.13. The highest BCUT2D eigenvalue weighted by molar-refractivity contribution is 5.81. The zero-order valence-corrected chi connectivity index (χ0v) is 11.2. The maximum atomic E-state index is 12.6. The number of hydrogen-bond donors (Lipinski definition) is 0. The second kappa shape index (κ2) is 4.44. The summed E-state index contributed by atoms with van der Waals surface area (Å²) in [5.74, 6) is 0.224. The van der Waals surface area contributed by atoms with Crippen LogP contribution >= 0.6 is 0 Å². The van der Waals surface area contributed by atoms with E-state index in [0.717, 1.165) is 18.4 Å². The van der Waals surface area contributed by atoms with Crippen LogP contribution in [0.3, 0.4) is 0 Å². The van der Waals surface area contributed by atoms with Crippen LogP contribution < -0.4 is 0 Å². The summed E-state index contributed by atoms with van der Waals surface area (Å²) in [7, 11) is 0. The molecule has 0 aliphatic carbocycles. The van der Waals surface area contributed by atoms with Crippen molar-refractivity contribution in [2.24, 2.45) is 0 Å². The van der Waals surface area contributed by atoms with Gasteiger partial charge in [0.1, 0.15) is 0 Å². The number of aromatic nitrogens is 1. The fraction of sp³-hybridized carbons (Fsp3) is 0.294. The molecule has 2 aromatic rings. The predicted octanol–water partition coefficient (Wildman–Crippen LogP) is 3.04. The minimum atomic E-state index is 0.224. The third-order valence-electron chi connectivity index (χ3n) is 4.47. The molecule has 3 nitrogen and oxygen atoms in total. The van der Waals surface area contributed by atoms with Crippen molar-refractivity contribution in [1.29, 1.82) is 0 Å². The third-order valence-corrected chi connectivity index (χ3v) is 4.47. The van der Waals surface area contributed by atoms with Crippen molar-refractivity contribution < 1.29 is 4.79 Å². The van der Waals surface area contributed by atoms with E-state index in [4.69, 9.17) is 0 Å². The highest BCUT2D eigenvalue weighted by atomic mass is 16.2. The lowest BCUT2D eigenvalue weighted by Crippen LogP contribution is -2.29. The first-order valence-corrected chi connectivity index (χ1v) is 7.13. The van der Waals surface area contributed by atoms with Crippen molar-refractivity contribution in [2.45, 2.75) is 31.3 Å². The summed E-state index contributed by atoms with van der Waals surface area (Å²) >= 11 is 0. The highest BCUT2D eigenvalue weighted by Crippen LogP contribution is 2.52. The van der Waals surface area contributed by atoms with Gasteiger partial charge in [0.25, 0.3) is 0 Å². The van der Waals surface area contributed by atoms with Gasteiger partial charge in [0.2, 0.25) is 5.91 Å². The molecule has 1 saturated heterocycles. The molecule has 1 amide bonds. The summed E-state index contributed by atoms with van der Waals surface area (Å²) in [5.41, 5.74) is 3.69. The minimum Gasteiger partial charge on any atom is -0.328 e. The second-order valence-corrected chi connectivity index (χ2v) is 5.58. The van der Waals surface area contributed by atoms with Crippen LogP contribution in [0.25, 0.3) is 0 Å². The van der Waals surface area contributed by atoms with Gasteiger partial charge in [-0.05, 0) is 35.6 Å². The van der Waals surface area contributed by atoms with Crippen LogP contribution in [-0.2, 0) is 11.2 Å². The number of carbonyl (C=O) groups is 1. The SMILES string of the molecule is O=C(Cc1cccnc1)N1C2CCC1c1ccccc12. The molecule has 3 heteroatoms. The van der Waals surface area contributed by atoms with Crippen LogP contribution in [-0.4, -0.2) is 15.8 Å². The Morgan fingerprint density at radius 2 is 1.80 bits per heavy atom. The topological polar surface area (TPSA) is 33.2 Å². The van der Waals surface area contributed by atoms with Crippen LogP contribution in [0.4, 0.5) is 0 Å². The molecule has 1 aromatic heterocycles. The zero-order valence-electron chi connectivity index (χ0n) is 11.2. The molecule has 1 aromatic carbocycles. The quantitative estimate of drug-likeness (QED) is 0.835. The lowest BCUT2D eigenvalue weighted by molar-refractivity contribution is -0.132. The van der Waals surface area contributed by atoms with Gasteiger partial charge in [-0.25, -0.2) is 0 Å². The summed E-state index contributed by atoms with van der Waals surface area (Å²) in [4.78, 5) is 18.8. The van der Waals surface area contributed by atoms with E-state index in [-0.39, 0.29) is 5.91 Å². The van der Waals surface area contributed by atoms with Crippen molar-refractivity contribution in [3.63, 3.8) is 0 Å². The Morgan fingerprint density at radius 3 is 2.40 bits per heavy atom. The molecule has 0 spiro atoms. The number of hydrogen-bond acceptors (Lipinski definition) is 2. The third kappa shape index (κ3) is 1.66. The molecule has 0 radical (unpaired) electrons.